The molecule has 4 nitrogen and oxygen atoms in total. The Morgan fingerprint density at radius 1 is 1.21 bits per heavy atom. The van der Waals surface area contributed by atoms with E-state index in [-0.39, 0.29) is 16.9 Å². The van der Waals surface area contributed by atoms with Crippen LogP contribution < -0.4 is 10.3 Å². The summed E-state index contributed by atoms with van der Waals surface area (Å²) in [5.41, 5.74) is 1.97. The van der Waals surface area contributed by atoms with Gasteiger partial charge in [-0.3, -0.25) is 4.79 Å². The SMILES string of the molecule is N#Cc1c2c(c(SCCOc3ccc(F)cc3)[nH]c1=O)CCCC2. The zero-order chi connectivity index (χ0) is 16.9. The molecule has 1 aromatic carbocycles. The van der Waals surface area contributed by atoms with Crippen molar-refractivity contribution in [3.05, 3.63) is 57.1 Å². The van der Waals surface area contributed by atoms with E-state index in [1.807, 2.05) is 6.07 Å². The summed E-state index contributed by atoms with van der Waals surface area (Å²) in [6.07, 6.45) is 3.77. The van der Waals surface area contributed by atoms with Crippen LogP contribution in [0.3, 0.4) is 0 Å². The summed E-state index contributed by atoms with van der Waals surface area (Å²) in [6, 6.07) is 7.93. The van der Waals surface area contributed by atoms with Gasteiger partial charge in [0.05, 0.1) is 11.6 Å². The number of nitrogens with one attached hydrogen (secondary N) is 1. The smallest absolute Gasteiger partial charge is 0.267 e. The second-order valence-corrected chi connectivity index (χ2v) is 6.69. The van der Waals surface area contributed by atoms with Gasteiger partial charge in [-0.05, 0) is 61.1 Å². The molecule has 2 aromatic rings. The fraction of sp³-hybridized carbons (Fsp3) is 0.333. The van der Waals surface area contributed by atoms with E-state index in [0.717, 1.165) is 41.8 Å². The van der Waals surface area contributed by atoms with Crippen molar-refractivity contribution in [1.82, 2.24) is 4.98 Å². The van der Waals surface area contributed by atoms with Crippen LogP contribution in [0.25, 0.3) is 0 Å². The van der Waals surface area contributed by atoms with E-state index in [9.17, 15) is 14.4 Å². The number of ether oxygens (including phenoxy) is 1. The number of aromatic amines is 1. The first-order valence-electron chi connectivity index (χ1n) is 7.88. The summed E-state index contributed by atoms with van der Waals surface area (Å²) in [4.78, 5) is 14.9. The minimum atomic E-state index is -0.305. The number of benzene rings is 1. The Labute approximate surface area is 143 Å². The van der Waals surface area contributed by atoms with Crippen LogP contribution in [0.15, 0.2) is 34.1 Å². The number of halogens is 1. The predicted molar refractivity (Wildman–Crippen MR) is 91.0 cm³/mol. The second kappa shape index (κ2) is 7.54. The number of nitrogens with zero attached hydrogens (tertiary/aromatic N) is 1. The third-order valence-corrected chi connectivity index (χ3v) is 5.03. The fourth-order valence-corrected chi connectivity index (χ4v) is 3.82. The Balaban J connectivity index is 1.67. The maximum Gasteiger partial charge on any atom is 0.267 e. The lowest BCUT2D eigenvalue weighted by Crippen LogP contribution is -2.20. The quantitative estimate of drug-likeness (QED) is 0.666. The molecule has 1 aliphatic carbocycles. The van der Waals surface area contributed by atoms with E-state index < -0.39 is 0 Å². The summed E-state index contributed by atoms with van der Waals surface area (Å²) < 4.78 is 18.4. The van der Waals surface area contributed by atoms with Crippen molar-refractivity contribution in [2.24, 2.45) is 0 Å². The highest BCUT2D eigenvalue weighted by atomic mass is 32.2. The van der Waals surface area contributed by atoms with E-state index in [4.69, 9.17) is 4.74 Å². The molecule has 1 N–H and O–H groups in total. The number of hydrogen-bond donors (Lipinski definition) is 1. The maximum atomic E-state index is 12.8. The zero-order valence-electron chi connectivity index (χ0n) is 13.1. The molecule has 0 fully saturated rings. The van der Waals surface area contributed by atoms with Gasteiger partial charge in [0.25, 0.3) is 5.56 Å². The van der Waals surface area contributed by atoms with E-state index in [1.165, 1.54) is 23.9 Å². The first-order valence-corrected chi connectivity index (χ1v) is 8.87. The average Bonchev–Trinajstić information content (AvgIpc) is 2.60. The highest BCUT2D eigenvalue weighted by molar-refractivity contribution is 7.99. The van der Waals surface area contributed by atoms with Crippen LogP contribution in [0.1, 0.15) is 29.5 Å². The number of pyridine rings is 1. The molecule has 24 heavy (non-hydrogen) atoms. The van der Waals surface area contributed by atoms with Crippen molar-refractivity contribution in [1.29, 1.82) is 5.26 Å². The van der Waals surface area contributed by atoms with Gasteiger partial charge in [0.1, 0.15) is 23.2 Å². The Bertz CT molecular complexity index is 825. The Morgan fingerprint density at radius 2 is 1.92 bits per heavy atom. The molecule has 3 rings (SSSR count). The van der Waals surface area contributed by atoms with Crippen molar-refractivity contribution in [2.75, 3.05) is 12.4 Å². The van der Waals surface area contributed by atoms with Gasteiger partial charge in [-0.15, -0.1) is 11.8 Å². The van der Waals surface area contributed by atoms with Gasteiger partial charge in [-0.2, -0.15) is 5.26 Å². The third-order valence-electron chi connectivity index (χ3n) is 4.02. The molecule has 124 valence electrons. The van der Waals surface area contributed by atoms with Crippen LogP contribution in [0, 0.1) is 17.1 Å². The third kappa shape index (κ3) is 3.62. The molecule has 0 spiro atoms. The molecule has 0 amide bonds. The van der Waals surface area contributed by atoms with Gasteiger partial charge in [0.2, 0.25) is 0 Å². The van der Waals surface area contributed by atoms with Gasteiger partial charge in [-0.1, -0.05) is 0 Å². The summed E-state index contributed by atoms with van der Waals surface area (Å²) >= 11 is 1.53. The minimum Gasteiger partial charge on any atom is -0.493 e. The van der Waals surface area contributed by atoms with Gasteiger partial charge in [-0.25, -0.2) is 4.39 Å². The molecule has 0 bridgehead atoms. The van der Waals surface area contributed by atoms with Crippen molar-refractivity contribution in [2.45, 2.75) is 30.7 Å². The molecule has 0 unspecified atom stereocenters. The molecule has 0 atom stereocenters. The zero-order valence-corrected chi connectivity index (χ0v) is 13.9. The first kappa shape index (κ1) is 16.6. The summed E-state index contributed by atoms with van der Waals surface area (Å²) in [7, 11) is 0. The van der Waals surface area contributed by atoms with Crippen LogP contribution in [-0.2, 0) is 12.8 Å². The van der Waals surface area contributed by atoms with Crippen molar-refractivity contribution in [3.8, 4) is 11.8 Å². The Hall–Kier alpha value is -2.26. The Morgan fingerprint density at radius 3 is 2.62 bits per heavy atom. The van der Waals surface area contributed by atoms with Crippen LogP contribution in [0.5, 0.6) is 5.75 Å². The maximum absolute atomic E-state index is 12.8. The summed E-state index contributed by atoms with van der Waals surface area (Å²) in [5.74, 6) is 0.983. The van der Waals surface area contributed by atoms with Crippen molar-refractivity contribution in [3.63, 3.8) is 0 Å². The normalized spacial score (nSPS) is 13.2. The lowest BCUT2D eigenvalue weighted by molar-refractivity contribution is 0.343. The van der Waals surface area contributed by atoms with Crippen LogP contribution in [0.2, 0.25) is 0 Å². The lowest BCUT2D eigenvalue weighted by Gasteiger charge is -2.19. The van der Waals surface area contributed by atoms with E-state index in [0.29, 0.717) is 18.1 Å². The molecule has 0 saturated heterocycles. The number of nitriles is 1. The molecule has 0 aliphatic heterocycles. The van der Waals surface area contributed by atoms with Gasteiger partial charge < -0.3 is 9.72 Å². The molecule has 1 aliphatic rings. The lowest BCUT2D eigenvalue weighted by atomic mass is 9.90. The molecule has 0 radical (unpaired) electrons. The van der Waals surface area contributed by atoms with Gasteiger partial charge in [0, 0.05) is 5.75 Å². The number of rotatable bonds is 5. The molecule has 1 aromatic heterocycles. The highest BCUT2D eigenvalue weighted by Crippen LogP contribution is 2.30. The monoisotopic (exact) mass is 344 g/mol. The molecular formula is C18H17FN2O2S. The van der Waals surface area contributed by atoms with Crippen molar-refractivity contribution >= 4 is 11.8 Å². The van der Waals surface area contributed by atoms with Crippen LogP contribution in [0.4, 0.5) is 4.39 Å². The second-order valence-electron chi connectivity index (χ2n) is 5.59. The standard InChI is InChI=1S/C18H17FN2O2S/c19-12-5-7-13(8-6-12)23-9-10-24-18-15-4-2-1-3-14(15)16(11-20)17(22)21-18/h5-8H,1-4,9-10H2,(H,21,22). The predicted octanol–water partition coefficient (Wildman–Crippen LogP) is 3.44. The number of thioether (sulfide) groups is 1. The number of H-pyrrole nitrogens is 1. The van der Waals surface area contributed by atoms with E-state index >= 15 is 0 Å². The highest BCUT2D eigenvalue weighted by Gasteiger charge is 2.20. The minimum absolute atomic E-state index is 0.261. The molecule has 1 heterocycles. The van der Waals surface area contributed by atoms with Crippen LogP contribution >= 0.6 is 11.8 Å². The van der Waals surface area contributed by atoms with Crippen molar-refractivity contribution < 1.29 is 9.13 Å². The van der Waals surface area contributed by atoms with Gasteiger partial charge in [0.15, 0.2) is 0 Å². The average molecular weight is 344 g/mol. The number of hydrogen-bond acceptors (Lipinski definition) is 4. The molecule has 0 saturated carbocycles. The van der Waals surface area contributed by atoms with Crippen LogP contribution in [-0.4, -0.2) is 17.3 Å². The largest absolute Gasteiger partial charge is 0.493 e. The van der Waals surface area contributed by atoms with Gasteiger partial charge >= 0.3 is 0 Å². The fourth-order valence-electron chi connectivity index (χ4n) is 2.89. The number of aromatic nitrogens is 1. The summed E-state index contributed by atoms with van der Waals surface area (Å²) in [6.45, 7) is 0.451. The van der Waals surface area contributed by atoms with E-state index in [1.54, 1.807) is 12.1 Å². The topological polar surface area (TPSA) is 65.9 Å². The Kier molecular flexibility index (Phi) is 5.21. The summed E-state index contributed by atoms with van der Waals surface area (Å²) in [5, 5.41) is 10.0. The molecular weight excluding hydrogens is 327 g/mol. The molecule has 6 heteroatoms. The number of fused-ring (bicyclic) bond motifs is 1. The first-order chi connectivity index (χ1) is 11.7. The van der Waals surface area contributed by atoms with E-state index in [2.05, 4.69) is 4.98 Å².